The highest BCUT2D eigenvalue weighted by Crippen LogP contribution is 2.24. The summed E-state index contributed by atoms with van der Waals surface area (Å²) in [4.78, 5) is 14.4. The van der Waals surface area contributed by atoms with Crippen molar-refractivity contribution in [3.63, 3.8) is 0 Å². The van der Waals surface area contributed by atoms with E-state index in [1.165, 1.54) is 6.42 Å². The average Bonchev–Trinajstić information content (AvgIpc) is 2.60. The first-order valence-electron chi connectivity index (χ1n) is 8.25. The molecule has 0 aliphatic carbocycles. The van der Waals surface area contributed by atoms with Gasteiger partial charge in [0.2, 0.25) is 0 Å². The minimum Gasteiger partial charge on any atom is -0.371 e. The molecule has 25 heavy (non-hydrogen) atoms. The van der Waals surface area contributed by atoms with Crippen molar-refractivity contribution in [3.05, 3.63) is 59.4 Å². The van der Waals surface area contributed by atoms with E-state index in [1.807, 2.05) is 12.1 Å². The molecule has 1 N–H and O–H groups in total. The molecule has 0 aromatic heterocycles. The first kappa shape index (κ1) is 17.3. The molecule has 1 saturated heterocycles. The molecule has 132 valence electrons. The van der Waals surface area contributed by atoms with E-state index in [4.69, 9.17) is 0 Å². The highest BCUT2D eigenvalue weighted by Gasteiger charge is 2.19. The number of piperidine rings is 1. The van der Waals surface area contributed by atoms with Crippen molar-refractivity contribution in [2.75, 3.05) is 23.3 Å². The fourth-order valence-corrected chi connectivity index (χ4v) is 3.08. The summed E-state index contributed by atoms with van der Waals surface area (Å²) in [6, 6.07) is 8.85. The highest BCUT2D eigenvalue weighted by molar-refractivity contribution is 6.04. The van der Waals surface area contributed by atoms with Gasteiger partial charge in [-0.25, -0.2) is 13.2 Å². The summed E-state index contributed by atoms with van der Waals surface area (Å²) in [7, 11) is 0. The zero-order chi connectivity index (χ0) is 18.0. The Balaban J connectivity index is 1.71. The number of hydrogen-bond acceptors (Lipinski definition) is 2. The maximum Gasteiger partial charge on any atom is 0.258 e. The molecule has 1 aliphatic heterocycles. The van der Waals surface area contributed by atoms with E-state index in [-0.39, 0.29) is 0 Å². The molecule has 1 aliphatic rings. The molecule has 0 radical (unpaired) electrons. The molecule has 1 heterocycles. The Hall–Kier alpha value is -2.50. The highest BCUT2D eigenvalue weighted by atomic mass is 19.2. The number of nitrogens with one attached hydrogen (secondary N) is 1. The predicted molar refractivity (Wildman–Crippen MR) is 91.3 cm³/mol. The van der Waals surface area contributed by atoms with Gasteiger partial charge in [0.1, 0.15) is 0 Å². The van der Waals surface area contributed by atoms with E-state index in [9.17, 15) is 18.0 Å². The van der Waals surface area contributed by atoms with Crippen LogP contribution in [-0.2, 0) is 0 Å². The van der Waals surface area contributed by atoms with Crippen molar-refractivity contribution in [2.45, 2.75) is 19.8 Å². The Morgan fingerprint density at radius 3 is 2.48 bits per heavy atom. The van der Waals surface area contributed by atoms with Crippen LogP contribution in [0.5, 0.6) is 0 Å². The lowest BCUT2D eigenvalue weighted by Gasteiger charge is -2.32. The van der Waals surface area contributed by atoms with E-state index in [1.54, 1.807) is 12.1 Å². The quantitative estimate of drug-likeness (QED) is 0.823. The standard InChI is InChI=1S/C19H19F3N2O/c1-12-3-2-10-24(11-12)14-6-4-13(5-7-14)23-19(25)15-8-9-16(20)18(22)17(15)21/h4-9,12H,2-3,10-11H2,1H3,(H,23,25). The van der Waals surface area contributed by atoms with Crippen LogP contribution in [-0.4, -0.2) is 19.0 Å². The predicted octanol–water partition coefficient (Wildman–Crippen LogP) is 4.59. The summed E-state index contributed by atoms with van der Waals surface area (Å²) in [6.45, 7) is 4.21. The van der Waals surface area contributed by atoms with Gasteiger partial charge in [0, 0.05) is 24.5 Å². The molecular weight excluding hydrogens is 329 g/mol. The second kappa shape index (κ2) is 7.17. The average molecular weight is 348 g/mol. The van der Waals surface area contributed by atoms with E-state index in [0.29, 0.717) is 11.6 Å². The van der Waals surface area contributed by atoms with Crippen LogP contribution in [0.4, 0.5) is 24.5 Å². The van der Waals surface area contributed by atoms with Crippen LogP contribution in [0.3, 0.4) is 0 Å². The molecule has 3 nitrogen and oxygen atoms in total. The molecule has 3 rings (SSSR count). The molecule has 2 aromatic rings. The van der Waals surface area contributed by atoms with Crippen LogP contribution in [0, 0.1) is 23.4 Å². The van der Waals surface area contributed by atoms with Crippen molar-refractivity contribution >= 4 is 17.3 Å². The smallest absolute Gasteiger partial charge is 0.258 e. The minimum absolute atomic E-state index is 0.461. The molecule has 6 heteroatoms. The fraction of sp³-hybridized carbons (Fsp3) is 0.316. The summed E-state index contributed by atoms with van der Waals surface area (Å²) in [6.07, 6.45) is 2.37. The van der Waals surface area contributed by atoms with E-state index < -0.39 is 28.9 Å². The van der Waals surface area contributed by atoms with E-state index in [2.05, 4.69) is 17.1 Å². The number of carbonyl (C=O) groups excluding carboxylic acids is 1. The number of nitrogens with zero attached hydrogens (tertiary/aromatic N) is 1. The second-order valence-corrected chi connectivity index (χ2v) is 6.42. The van der Waals surface area contributed by atoms with Crippen molar-refractivity contribution in [1.29, 1.82) is 0 Å². The Morgan fingerprint density at radius 2 is 1.80 bits per heavy atom. The van der Waals surface area contributed by atoms with Crippen LogP contribution in [0.25, 0.3) is 0 Å². The normalized spacial score (nSPS) is 17.4. The van der Waals surface area contributed by atoms with Gasteiger partial charge in [-0.05, 0) is 55.2 Å². The zero-order valence-electron chi connectivity index (χ0n) is 13.9. The third-order valence-electron chi connectivity index (χ3n) is 4.43. The maximum absolute atomic E-state index is 13.7. The lowest BCUT2D eigenvalue weighted by molar-refractivity contribution is 0.102. The number of carbonyl (C=O) groups is 1. The Labute approximate surface area is 144 Å². The molecule has 0 bridgehead atoms. The maximum atomic E-state index is 13.7. The Bertz CT molecular complexity index is 777. The van der Waals surface area contributed by atoms with Crippen LogP contribution in [0.1, 0.15) is 30.1 Å². The second-order valence-electron chi connectivity index (χ2n) is 6.42. The molecule has 1 amide bonds. The van der Waals surface area contributed by atoms with Gasteiger partial charge in [0.15, 0.2) is 17.5 Å². The molecular formula is C19H19F3N2O. The summed E-state index contributed by atoms with van der Waals surface area (Å²) in [5.74, 6) is -4.65. The Morgan fingerprint density at radius 1 is 1.08 bits per heavy atom. The summed E-state index contributed by atoms with van der Waals surface area (Å²) in [5.41, 5.74) is 0.985. The van der Waals surface area contributed by atoms with E-state index in [0.717, 1.165) is 37.3 Å². The van der Waals surface area contributed by atoms with Gasteiger partial charge in [-0.2, -0.15) is 0 Å². The molecule has 1 unspecified atom stereocenters. The number of hydrogen-bond donors (Lipinski definition) is 1. The Kier molecular flexibility index (Phi) is 4.97. The number of benzene rings is 2. The number of rotatable bonds is 3. The number of anilines is 2. The lowest BCUT2D eigenvalue weighted by Crippen LogP contribution is -2.34. The molecule has 1 fully saturated rings. The lowest BCUT2D eigenvalue weighted by atomic mass is 10.00. The van der Waals surface area contributed by atoms with Gasteiger partial charge < -0.3 is 10.2 Å². The van der Waals surface area contributed by atoms with Gasteiger partial charge in [-0.1, -0.05) is 6.92 Å². The first-order chi connectivity index (χ1) is 12.0. The van der Waals surface area contributed by atoms with Crippen LogP contribution in [0.2, 0.25) is 0 Å². The fourth-order valence-electron chi connectivity index (χ4n) is 3.08. The van der Waals surface area contributed by atoms with Crippen molar-refractivity contribution in [2.24, 2.45) is 5.92 Å². The van der Waals surface area contributed by atoms with Crippen LogP contribution >= 0.6 is 0 Å². The molecule has 0 spiro atoms. The third kappa shape index (κ3) is 3.78. The van der Waals surface area contributed by atoms with Crippen molar-refractivity contribution in [1.82, 2.24) is 0 Å². The third-order valence-corrected chi connectivity index (χ3v) is 4.43. The monoisotopic (exact) mass is 348 g/mol. The van der Waals surface area contributed by atoms with Gasteiger partial charge >= 0.3 is 0 Å². The van der Waals surface area contributed by atoms with Gasteiger partial charge in [0.05, 0.1) is 5.56 Å². The zero-order valence-corrected chi connectivity index (χ0v) is 13.9. The largest absolute Gasteiger partial charge is 0.371 e. The summed E-state index contributed by atoms with van der Waals surface area (Å²) < 4.78 is 39.9. The van der Waals surface area contributed by atoms with E-state index >= 15 is 0 Å². The number of amides is 1. The summed E-state index contributed by atoms with van der Waals surface area (Å²) in [5, 5.41) is 2.50. The molecule has 0 saturated carbocycles. The number of halogens is 3. The van der Waals surface area contributed by atoms with Crippen molar-refractivity contribution in [3.8, 4) is 0 Å². The molecule has 2 aromatic carbocycles. The van der Waals surface area contributed by atoms with Gasteiger partial charge in [-0.3, -0.25) is 4.79 Å². The SMILES string of the molecule is CC1CCCN(c2ccc(NC(=O)c3ccc(F)c(F)c3F)cc2)C1. The van der Waals surface area contributed by atoms with Gasteiger partial charge in [-0.15, -0.1) is 0 Å². The van der Waals surface area contributed by atoms with Crippen LogP contribution < -0.4 is 10.2 Å². The van der Waals surface area contributed by atoms with Crippen LogP contribution in [0.15, 0.2) is 36.4 Å². The molecule has 1 atom stereocenters. The topological polar surface area (TPSA) is 32.3 Å². The van der Waals surface area contributed by atoms with Gasteiger partial charge in [0.25, 0.3) is 5.91 Å². The first-order valence-corrected chi connectivity index (χ1v) is 8.25. The minimum atomic E-state index is -1.65. The van der Waals surface area contributed by atoms with Crippen molar-refractivity contribution < 1.29 is 18.0 Å². The summed E-state index contributed by atoms with van der Waals surface area (Å²) >= 11 is 0.